The molecule has 2 heterocycles. The van der Waals surface area contributed by atoms with E-state index in [4.69, 9.17) is 11.0 Å². The van der Waals surface area contributed by atoms with E-state index in [1.807, 2.05) is 6.07 Å². The van der Waals surface area contributed by atoms with Gasteiger partial charge in [-0.15, -0.1) is 0 Å². The molecule has 0 amide bonds. The van der Waals surface area contributed by atoms with Crippen molar-refractivity contribution in [1.29, 1.82) is 5.26 Å². The fourth-order valence-corrected chi connectivity index (χ4v) is 2.23. The minimum Gasteiger partial charge on any atom is -0.481 e. The molecule has 1 aliphatic heterocycles. The fourth-order valence-electron chi connectivity index (χ4n) is 2.23. The molecule has 2 rings (SSSR count). The molecule has 3 N–H and O–H groups in total. The van der Waals surface area contributed by atoms with Crippen LogP contribution in [0, 0.1) is 23.2 Å². The first-order valence-corrected chi connectivity index (χ1v) is 6.06. The largest absolute Gasteiger partial charge is 0.481 e. The lowest BCUT2D eigenvalue weighted by atomic mass is 9.97. The van der Waals surface area contributed by atoms with Crippen LogP contribution in [-0.4, -0.2) is 47.2 Å². The molecule has 1 aromatic rings. The normalized spacial score (nSPS) is 20.9. The van der Waals surface area contributed by atoms with E-state index in [-0.39, 0.29) is 30.4 Å². The van der Waals surface area contributed by atoms with E-state index >= 15 is 0 Å². The number of esters is 1. The SMILES string of the molecule is COC(=O)[C@@H]1CN(c2ncc(C#N)c(N)n2)C[C@@H]1C(=O)O. The summed E-state index contributed by atoms with van der Waals surface area (Å²) in [6, 6.07) is 1.84. The number of anilines is 2. The van der Waals surface area contributed by atoms with Crippen LogP contribution in [-0.2, 0) is 14.3 Å². The molecule has 0 bridgehead atoms. The van der Waals surface area contributed by atoms with Crippen LogP contribution in [0.3, 0.4) is 0 Å². The molecule has 0 saturated carbocycles. The van der Waals surface area contributed by atoms with E-state index in [0.29, 0.717) is 0 Å². The number of nitrogen functional groups attached to an aromatic ring is 1. The third-order valence-corrected chi connectivity index (χ3v) is 3.35. The van der Waals surface area contributed by atoms with E-state index in [2.05, 4.69) is 14.7 Å². The first-order chi connectivity index (χ1) is 9.97. The molecule has 1 saturated heterocycles. The number of aromatic nitrogens is 2. The molecule has 1 aliphatic rings. The summed E-state index contributed by atoms with van der Waals surface area (Å²) in [5.41, 5.74) is 5.74. The monoisotopic (exact) mass is 291 g/mol. The molecule has 0 spiro atoms. The second-order valence-electron chi connectivity index (χ2n) is 4.56. The number of carbonyl (C=O) groups is 2. The highest BCUT2D eigenvalue weighted by molar-refractivity contribution is 5.83. The van der Waals surface area contributed by atoms with Crippen molar-refractivity contribution < 1.29 is 19.4 Å². The van der Waals surface area contributed by atoms with E-state index in [9.17, 15) is 14.7 Å². The number of aliphatic carboxylic acids is 1. The Bertz CT molecular complexity index is 627. The van der Waals surface area contributed by atoms with Gasteiger partial charge in [0.05, 0.1) is 25.1 Å². The van der Waals surface area contributed by atoms with Crippen molar-refractivity contribution in [2.45, 2.75) is 0 Å². The summed E-state index contributed by atoms with van der Waals surface area (Å²) in [6.07, 6.45) is 1.26. The van der Waals surface area contributed by atoms with Crippen molar-refractivity contribution >= 4 is 23.7 Å². The van der Waals surface area contributed by atoms with Gasteiger partial charge < -0.3 is 20.5 Å². The highest BCUT2D eigenvalue weighted by Gasteiger charge is 2.43. The van der Waals surface area contributed by atoms with Crippen molar-refractivity contribution in [2.75, 3.05) is 30.8 Å². The van der Waals surface area contributed by atoms with Crippen molar-refractivity contribution in [3.63, 3.8) is 0 Å². The number of hydrogen-bond acceptors (Lipinski definition) is 8. The van der Waals surface area contributed by atoms with Crippen LogP contribution in [0.5, 0.6) is 0 Å². The average molecular weight is 291 g/mol. The molecule has 2 atom stereocenters. The molecule has 0 aliphatic carbocycles. The van der Waals surface area contributed by atoms with Crippen LogP contribution < -0.4 is 10.6 Å². The number of hydrogen-bond donors (Lipinski definition) is 2. The first-order valence-electron chi connectivity index (χ1n) is 6.06. The first kappa shape index (κ1) is 14.5. The van der Waals surface area contributed by atoms with Gasteiger partial charge in [0.25, 0.3) is 0 Å². The Morgan fingerprint density at radius 3 is 2.71 bits per heavy atom. The zero-order chi connectivity index (χ0) is 15.6. The summed E-state index contributed by atoms with van der Waals surface area (Å²) >= 11 is 0. The molecule has 0 unspecified atom stereocenters. The highest BCUT2D eigenvalue weighted by Crippen LogP contribution is 2.28. The van der Waals surface area contributed by atoms with Gasteiger partial charge >= 0.3 is 11.9 Å². The van der Waals surface area contributed by atoms with Crippen LogP contribution in [0.1, 0.15) is 5.56 Å². The summed E-state index contributed by atoms with van der Waals surface area (Å²) < 4.78 is 4.62. The van der Waals surface area contributed by atoms with Gasteiger partial charge in [-0.1, -0.05) is 0 Å². The Morgan fingerprint density at radius 1 is 1.52 bits per heavy atom. The zero-order valence-electron chi connectivity index (χ0n) is 11.2. The van der Waals surface area contributed by atoms with Gasteiger partial charge in [-0.25, -0.2) is 4.98 Å². The van der Waals surface area contributed by atoms with Gasteiger partial charge in [-0.2, -0.15) is 10.2 Å². The summed E-state index contributed by atoms with van der Waals surface area (Å²) in [5, 5.41) is 18.0. The number of nitrogens with two attached hydrogens (primary N) is 1. The topological polar surface area (TPSA) is 142 Å². The maximum absolute atomic E-state index is 11.7. The second kappa shape index (κ2) is 5.62. The third-order valence-electron chi connectivity index (χ3n) is 3.35. The van der Waals surface area contributed by atoms with Crippen molar-refractivity contribution in [3.8, 4) is 6.07 Å². The van der Waals surface area contributed by atoms with Crippen LogP contribution in [0.25, 0.3) is 0 Å². The summed E-state index contributed by atoms with van der Waals surface area (Å²) in [4.78, 5) is 32.4. The van der Waals surface area contributed by atoms with Gasteiger partial charge in [-0.05, 0) is 0 Å². The molecule has 21 heavy (non-hydrogen) atoms. The molecule has 9 nitrogen and oxygen atoms in total. The van der Waals surface area contributed by atoms with Crippen molar-refractivity contribution in [1.82, 2.24) is 9.97 Å². The molecule has 110 valence electrons. The summed E-state index contributed by atoms with van der Waals surface area (Å²) in [5.74, 6) is -3.19. The van der Waals surface area contributed by atoms with Gasteiger partial charge in [-0.3, -0.25) is 9.59 Å². The molecule has 1 fully saturated rings. The maximum atomic E-state index is 11.7. The fraction of sp³-hybridized carbons (Fsp3) is 0.417. The number of nitriles is 1. The number of carboxylic acid groups (broad SMARTS) is 1. The number of ether oxygens (including phenoxy) is 1. The Labute approximate surface area is 120 Å². The Hall–Kier alpha value is -2.89. The van der Waals surface area contributed by atoms with E-state index < -0.39 is 23.8 Å². The van der Waals surface area contributed by atoms with E-state index in [1.165, 1.54) is 18.2 Å². The average Bonchev–Trinajstić information content (AvgIpc) is 2.91. The maximum Gasteiger partial charge on any atom is 0.311 e. The quantitative estimate of drug-likeness (QED) is 0.687. The van der Waals surface area contributed by atoms with Gasteiger partial charge in [0, 0.05) is 13.1 Å². The van der Waals surface area contributed by atoms with Crippen LogP contribution in [0.15, 0.2) is 6.20 Å². The second-order valence-corrected chi connectivity index (χ2v) is 4.56. The molecule has 1 aromatic heterocycles. The third kappa shape index (κ3) is 2.69. The Balaban J connectivity index is 2.27. The van der Waals surface area contributed by atoms with E-state index in [0.717, 1.165) is 0 Å². The Kier molecular flexibility index (Phi) is 3.89. The van der Waals surface area contributed by atoms with Crippen molar-refractivity contribution in [3.05, 3.63) is 11.8 Å². The van der Waals surface area contributed by atoms with Crippen LogP contribution in [0.2, 0.25) is 0 Å². The highest BCUT2D eigenvalue weighted by atomic mass is 16.5. The van der Waals surface area contributed by atoms with Crippen molar-refractivity contribution in [2.24, 2.45) is 11.8 Å². The summed E-state index contributed by atoms with van der Waals surface area (Å²) in [7, 11) is 1.21. The molecular weight excluding hydrogens is 278 g/mol. The van der Waals surface area contributed by atoms with Gasteiger partial charge in [0.15, 0.2) is 0 Å². The molecule has 9 heteroatoms. The number of rotatable bonds is 3. The predicted octanol–water partition coefficient (Wildman–Crippen LogP) is -0.760. The molecule has 0 radical (unpaired) electrons. The molecule has 0 aromatic carbocycles. The number of nitrogens with zero attached hydrogens (tertiary/aromatic N) is 4. The van der Waals surface area contributed by atoms with Gasteiger partial charge in [0.1, 0.15) is 17.5 Å². The number of carbonyl (C=O) groups excluding carboxylic acids is 1. The zero-order valence-corrected chi connectivity index (χ0v) is 11.2. The minimum absolute atomic E-state index is 0.0101. The smallest absolute Gasteiger partial charge is 0.311 e. The lowest BCUT2D eigenvalue weighted by Crippen LogP contribution is -2.29. The summed E-state index contributed by atoms with van der Waals surface area (Å²) in [6.45, 7) is 0.190. The van der Waals surface area contributed by atoms with Crippen LogP contribution >= 0.6 is 0 Å². The standard InChI is InChI=1S/C12H13N5O4/c1-21-11(20)8-5-17(4-7(8)10(18)19)12-15-3-6(2-13)9(14)16-12/h3,7-8H,4-5H2,1H3,(H,18,19)(H2,14,15,16)/t7-,8+/m0/s1. The number of carboxylic acids is 1. The lowest BCUT2D eigenvalue weighted by molar-refractivity contribution is -0.153. The molecular formula is C12H13N5O4. The van der Waals surface area contributed by atoms with E-state index in [1.54, 1.807) is 0 Å². The minimum atomic E-state index is -1.09. The van der Waals surface area contributed by atoms with Gasteiger partial charge in [0.2, 0.25) is 5.95 Å². The van der Waals surface area contributed by atoms with Crippen LogP contribution in [0.4, 0.5) is 11.8 Å². The lowest BCUT2D eigenvalue weighted by Gasteiger charge is -2.15. The Morgan fingerprint density at radius 2 is 2.19 bits per heavy atom. The predicted molar refractivity (Wildman–Crippen MR) is 70.0 cm³/mol. The number of methoxy groups -OCH3 is 1.